The van der Waals surface area contributed by atoms with Crippen molar-refractivity contribution in [2.75, 3.05) is 0 Å². The van der Waals surface area contributed by atoms with Crippen molar-refractivity contribution in [1.29, 1.82) is 0 Å². The number of rotatable bonds is 4. The van der Waals surface area contributed by atoms with Gasteiger partial charge in [0.2, 0.25) is 0 Å². The van der Waals surface area contributed by atoms with Gasteiger partial charge in [-0.05, 0) is 6.04 Å². The number of benzene rings is 1. The van der Waals surface area contributed by atoms with Crippen molar-refractivity contribution in [2.45, 2.75) is 30.7 Å². The molecule has 96 valence electrons. The Balaban J connectivity index is 2.86. The van der Waals surface area contributed by atoms with Crippen LogP contribution in [0.4, 0.5) is 22.0 Å². The maximum Gasteiger partial charge on any atom is 0.448 e. The van der Waals surface area contributed by atoms with Crippen LogP contribution in [0.1, 0.15) is 12.5 Å². The lowest BCUT2D eigenvalue weighted by molar-refractivity contribution is -0.246. The fourth-order valence-corrected chi connectivity index (χ4v) is 4.02. The normalized spacial score (nSPS) is 14.7. The molecule has 6 heteroatoms. The molecule has 0 heterocycles. The molecule has 0 spiro atoms. The third-order valence-corrected chi connectivity index (χ3v) is 6.01. The summed E-state index contributed by atoms with van der Waals surface area (Å²) in [6, 6.07) is 7.94. The molecule has 17 heavy (non-hydrogen) atoms. The molecule has 1 rings (SSSR count). The van der Waals surface area contributed by atoms with Crippen LogP contribution in [0.15, 0.2) is 30.3 Å². The van der Waals surface area contributed by atoms with Crippen LogP contribution >= 0.6 is 0 Å². The van der Waals surface area contributed by atoms with Crippen molar-refractivity contribution in [2.24, 2.45) is 0 Å². The van der Waals surface area contributed by atoms with Gasteiger partial charge in [0.1, 0.15) is 8.80 Å². The van der Waals surface area contributed by atoms with Gasteiger partial charge in [-0.25, -0.2) is 8.78 Å². The molecule has 1 atom stereocenters. The predicted molar refractivity (Wildman–Crippen MR) is 58.8 cm³/mol. The summed E-state index contributed by atoms with van der Waals surface area (Å²) in [5, 5.41) is 0. The molecule has 0 saturated heterocycles. The van der Waals surface area contributed by atoms with E-state index in [1.54, 1.807) is 30.3 Å². The second-order valence-electron chi connectivity index (χ2n) is 3.92. The summed E-state index contributed by atoms with van der Waals surface area (Å²) < 4.78 is 63.2. The average molecular weight is 268 g/mol. The lowest BCUT2D eigenvalue weighted by Gasteiger charge is -2.26. The highest BCUT2D eigenvalue weighted by atomic mass is 28.3. The van der Waals surface area contributed by atoms with Crippen LogP contribution in [0.5, 0.6) is 0 Å². The minimum Gasteiger partial charge on any atom is -0.202 e. The molecule has 0 aliphatic carbocycles. The van der Waals surface area contributed by atoms with Gasteiger partial charge in [-0.15, -0.1) is 0 Å². The molecule has 0 radical (unpaired) electrons. The van der Waals surface area contributed by atoms with Gasteiger partial charge in [-0.1, -0.05) is 48.9 Å². The Kier molecular flexibility index (Phi) is 4.29. The Bertz CT molecular complexity index is 347. The maximum absolute atomic E-state index is 13.2. The second kappa shape index (κ2) is 5.16. The minimum atomic E-state index is -5.42. The molecule has 0 N–H and O–H groups in total. The fraction of sp³-hybridized carbons (Fsp3) is 0.455. The largest absolute Gasteiger partial charge is 0.448 e. The van der Waals surface area contributed by atoms with Gasteiger partial charge in [0.25, 0.3) is 0 Å². The van der Waals surface area contributed by atoms with Crippen molar-refractivity contribution >= 4 is 8.80 Å². The molecule has 1 aromatic rings. The van der Waals surface area contributed by atoms with E-state index in [2.05, 4.69) is 0 Å². The Morgan fingerprint density at radius 1 is 1.00 bits per heavy atom. The minimum absolute atomic E-state index is 0.0819. The van der Waals surface area contributed by atoms with E-state index in [9.17, 15) is 22.0 Å². The van der Waals surface area contributed by atoms with Crippen molar-refractivity contribution in [3.05, 3.63) is 35.9 Å². The van der Waals surface area contributed by atoms with Gasteiger partial charge in [0, 0.05) is 0 Å². The SMILES string of the molecule is CC[SiH](Cc1ccccc1)C(F)(F)C(F)(F)F. The van der Waals surface area contributed by atoms with Crippen LogP contribution < -0.4 is 0 Å². The highest BCUT2D eigenvalue weighted by Crippen LogP contribution is 2.39. The summed E-state index contributed by atoms with van der Waals surface area (Å²) in [4.78, 5) is 0. The zero-order valence-electron chi connectivity index (χ0n) is 9.27. The van der Waals surface area contributed by atoms with Gasteiger partial charge in [0.05, 0.1) is 0 Å². The Morgan fingerprint density at radius 3 is 1.94 bits per heavy atom. The van der Waals surface area contributed by atoms with Crippen molar-refractivity contribution in [3.8, 4) is 0 Å². The van der Waals surface area contributed by atoms with E-state index in [0.29, 0.717) is 5.56 Å². The Hall–Kier alpha value is -0.913. The fourth-order valence-electron chi connectivity index (χ4n) is 1.66. The molecule has 0 aliphatic rings. The standard InChI is InChI=1S/C11H13F5Si/c1-2-17(11(15,16)10(12,13)14)8-9-6-4-3-5-7-9/h3-7,17H,2,8H2,1H3. The molecule has 0 aliphatic heterocycles. The lowest BCUT2D eigenvalue weighted by Crippen LogP contribution is -2.51. The topological polar surface area (TPSA) is 0 Å². The van der Waals surface area contributed by atoms with Gasteiger partial charge in [-0.2, -0.15) is 13.2 Å². The first-order valence-electron chi connectivity index (χ1n) is 5.27. The first kappa shape index (κ1) is 14.1. The number of alkyl halides is 5. The summed E-state index contributed by atoms with van der Waals surface area (Å²) in [6.45, 7) is 1.40. The number of hydrogen-bond donors (Lipinski definition) is 0. The van der Waals surface area contributed by atoms with E-state index >= 15 is 0 Å². The van der Waals surface area contributed by atoms with Crippen LogP contribution in [0.25, 0.3) is 0 Å². The highest BCUT2D eigenvalue weighted by molar-refractivity contribution is 6.61. The number of halogens is 5. The predicted octanol–water partition coefficient (Wildman–Crippen LogP) is 3.75. The van der Waals surface area contributed by atoms with Gasteiger partial charge >= 0.3 is 11.7 Å². The van der Waals surface area contributed by atoms with Gasteiger partial charge in [0.15, 0.2) is 0 Å². The van der Waals surface area contributed by atoms with E-state index in [1.807, 2.05) is 0 Å². The second-order valence-corrected chi connectivity index (χ2v) is 7.26. The van der Waals surface area contributed by atoms with Crippen LogP contribution in [0.3, 0.4) is 0 Å². The summed E-state index contributed by atoms with van der Waals surface area (Å²) in [7, 11) is -3.23. The Labute approximate surface area is 98.1 Å². The molecule has 1 aromatic carbocycles. The van der Waals surface area contributed by atoms with Crippen LogP contribution in [0, 0.1) is 0 Å². The lowest BCUT2D eigenvalue weighted by atomic mass is 10.2. The summed E-state index contributed by atoms with van der Waals surface area (Å²) in [5.74, 6) is 0. The molecular weight excluding hydrogens is 255 g/mol. The van der Waals surface area contributed by atoms with E-state index in [0.717, 1.165) is 0 Å². The van der Waals surface area contributed by atoms with E-state index in [4.69, 9.17) is 0 Å². The van der Waals surface area contributed by atoms with E-state index in [-0.39, 0.29) is 12.1 Å². The molecule has 0 saturated carbocycles. The van der Waals surface area contributed by atoms with Gasteiger partial charge < -0.3 is 0 Å². The quantitative estimate of drug-likeness (QED) is 0.576. The summed E-state index contributed by atoms with van der Waals surface area (Å²) in [6.07, 6.45) is -5.42. The van der Waals surface area contributed by atoms with Crippen LogP contribution in [0.2, 0.25) is 6.04 Å². The van der Waals surface area contributed by atoms with Crippen molar-refractivity contribution < 1.29 is 22.0 Å². The highest BCUT2D eigenvalue weighted by Gasteiger charge is 2.61. The average Bonchev–Trinajstić information content (AvgIpc) is 2.25. The monoisotopic (exact) mass is 268 g/mol. The van der Waals surface area contributed by atoms with Crippen LogP contribution in [-0.4, -0.2) is 20.5 Å². The molecule has 1 unspecified atom stereocenters. The zero-order chi connectivity index (χ0) is 13.1. The summed E-state index contributed by atoms with van der Waals surface area (Å²) >= 11 is 0. The van der Waals surface area contributed by atoms with E-state index in [1.165, 1.54) is 6.92 Å². The van der Waals surface area contributed by atoms with E-state index < -0.39 is 20.5 Å². The molecule has 0 nitrogen and oxygen atoms in total. The smallest absolute Gasteiger partial charge is 0.202 e. The van der Waals surface area contributed by atoms with Crippen molar-refractivity contribution in [3.63, 3.8) is 0 Å². The molecule has 0 bridgehead atoms. The van der Waals surface area contributed by atoms with Gasteiger partial charge in [-0.3, -0.25) is 0 Å². The molecular formula is C11H13F5Si. The molecule has 0 aromatic heterocycles. The van der Waals surface area contributed by atoms with Crippen molar-refractivity contribution in [1.82, 2.24) is 0 Å². The third-order valence-electron chi connectivity index (χ3n) is 2.71. The summed E-state index contributed by atoms with van der Waals surface area (Å²) in [5.41, 5.74) is -3.95. The first-order chi connectivity index (χ1) is 7.79. The maximum atomic E-state index is 13.2. The molecule has 0 amide bonds. The zero-order valence-corrected chi connectivity index (χ0v) is 10.4. The number of hydrogen-bond acceptors (Lipinski definition) is 0. The van der Waals surface area contributed by atoms with Crippen LogP contribution in [-0.2, 0) is 6.04 Å². The Morgan fingerprint density at radius 2 is 1.53 bits per heavy atom. The molecule has 0 fully saturated rings. The first-order valence-corrected chi connectivity index (χ1v) is 7.48. The third kappa shape index (κ3) is 3.28.